The number of ether oxygens (including phenoxy) is 2. The molecule has 0 aliphatic heterocycles. The van der Waals surface area contributed by atoms with E-state index in [4.69, 9.17) is 14.6 Å². The van der Waals surface area contributed by atoms with Gasteiger partial charge < -0.3 is 9.47 Å². The van der Waals surface area contributed by atoms with Gasteiger partial charge in [0.15, 0.2) is 5.82 Å². The molecular weight excluding hydrogens is 526 g/mol. The maximum atomic E-state index is 13.4. The molecule has 9 nitrogen and oxygen atoms in total. The molecule has 0 atom stereocenters. The Kier molecular flexibility index (Phi) is 6.45. The van der Waals surface area contributed by atoms with Crippen molar-refractivity contribution < 1.29 is 14.3 Å². The van der Waals surface area contributed by atoms with Gasteiger partial charge in [0.25, 0.3) is 5.56 Å². The minimum absolute atomic E-state index is 0.298. The number of benzene rings is 3. The van der Waals surface area contributed by atoms with E-state index in [1.54, 1.807) is 36.1 Å². The summed E-state index contributed by atoms with van der Waals surface area (Å²) in [7, 11) is 1.64. The summed E-state index contributed by atoms with van der Waals surface area (Å²) >= 11 is 1.23. The molecule has 0 saturated carbocycles. The molecule has 0 spiro atoms. The zero-order valence-corrected chi connectivity index (χ0v) is 22.7. The van der Waals surface area contributed by atoms with E-state index in [1.807, 2.05) is 67.7 Å². The van der Waals surface area contributed by atoms with E-state index >= 15 is 0 Å². The van der Waals surface area contributed by atoms with Crippen LogP contribution in [0.25, 0.3) is 39.4 Å². The molecule has 3 heterocycles. The van der Waals surface area contributed by atoms with Crippen LogP contribution in [0.5, 0.6) is 11.5 Å². The number of carbonyl (C=O) groups excluding carboxylic acids is 1. The van der Waals surface area contributed by atoms with Crippen LogP contribution in [0.15, 0.2) is 83.8 Å². The Balaban J connectivity index is 1.47. The Morgan fingerprint density at radius 3 is 2.48 bits per heavy atom. The predicted molar refractivity (Wildman–Crippen MR) is 153 cm³/mol. The first-order chi connectivity index (χ1) is 19.4. The normalized spacial score (nSPS) is 11.7. The molecular formula is C30H23N5O4S. The van der Waals surface area contributed by atoms with Gasteiger partial charge in [0.2, 0.25) is 4.96 Å². The van der Waals surface area contributed by atoms with Crippen molar-refractivity contribution in [3.05, 3.63) is 105 Å². The van der Waals surface area contributed by atoms with Crippen molar-refractivity contribution in [2.75, 3.05) is 7.11 Å². The molecule has 10 heteroatoms. The Labute approximate surface area is 232 Å². The third-order valence-electron chi connectivity index (χ3n) is 6.28. The highest BCUT2D eigenvalue weighted by molar-refractivity contribution is 7.15. The summed E-state index contributed by atoms with van der Waals surface area (Å²) < 4.78 is 14.3. The number of aromatic nitrogens is 5. The summed E-state index contributed by atoms with van der Waals surface area (Å²) in [6.07, 6.45) is 3.72. The first-order valence-corrected chi connectivity index (χ1v) is 13.2. The third kappa shape index (κ3) is 4.65. The van der Waals surface area contributed by atoms with Gasteiger partial charge in [0, 0.05) is 24.2 Å². The van der Waals surface area contributed by atoms with Crippen LogP contribution in [-0.4, -0.2) is 37.5 Å². The smallest absolute Gasteiger partial charge is 0.308 e. The largest absolute Gasteiger partial charge is 0.496 e. The Bertz CT molecular complexity index is 1990. The second kappa shape index (κ2) is 10.2. The number of nitrogens with zero attached hydrogens (tertiary/aromatic N) is 5. The summed E-state index contributed by atoms with van der Waals surface area (Å²) in [6, 6.07) is 22.6. The molecule has 0 bridgehead atoms. The molecule has 0 aliphatic rings. The minimum Gasteiger partial charge on any atom is -0.496 e. The fourth-order valence-corrected chi connectivity index (χ4v) is 5.34. The standard InChI is InChI=1S/C30H23N5O4S/c1-18-15-20(13-14-24(18)38-3)27-21(17-34(32-27)22-9-5-4-6-10-22)16-26-29(37)35-30(40-26)31-28(33-35)23-11-7-8-12-25(23)39-19(2)36/h4-17H,1-3H3/b26-16-. The van der Waals surface area contributed by atoms with E-state index in [1.165, 1.54) is 22.8 Å². The Hall–Kier alpha value is -5.09. The van der Waals surface area contributed by atoms with Gasteiger partial charge in [-0.1, -0.05) is 41.7 Å². The van der Waals surface area contributed by atoms with Gasteiger partial charge in [0.05, 0.1) is 22.9 Å². The van der Waals surface area contributed by atoms with Gasteiger partial charge in [0.1, 0.15) is 17.2 Å². The average Bonchev–Trinajstić information content (AvgIpc) is 3.64. The second-order valence-electron chi connectivity index (χ2n) is 9.03. The van der Waals surface area contributed by atoms with Crippen molar-refractivity contribution in [1.82, 2.24) is 24.4 Å². The molecule has 6 rings (SSSR count). The lowest BCUT2D eigenvalue weighted by Crippen LogP contribution is -2.23. The van der Waals surface area contributed by atoms with E-state index in [2.05, 4.69) is 10.1 Å². The van der Waals surface area contributed by atoms with Crippen molar-refractivity contribution in [2.24, 2.45) is 0 Å². The fourth-order valence-electron chi connectivity index (χ4n) is 4.44. The monoisotopic (exact) mass is 549 g/mol. The van der Waals surface area contributed by atoms with E-state index in [0.717, 1.165) is 33.8 Å². The number of rotatable bonds is 6. The predicted octanol–water partition coefficient (Wildman–Crippen LogP) is 4.46. The van der Waals surface area contributed by atoms with Crippen molar-refractivity contribution in [2.45, 2.75) is 13.8 Å². The lowest BCUT2D eigenvalue weighted by Gasteiger charge is -2.06. The van der Waals surface area contributed by atoms with Crippen molar-refractivity contribution >= 4 is 28.3 Å². The van der Waals surface area contributed by atoms with Crippen LogP contribution in [0.2, 0.25) is 0 Å². The molecule has 0 amide bonds. The van der Waals surface area contributed by atoms with Crippen LogP contribution in [0, 0.1) is 6.92 Å². The molecule has 198 valence electrons. The van der Waals surface area contributed by atoms with Gasteiger partial charge in [-0.2, -0.15) is 14.6 Å². The molecule has 6 aromatic rings. The van der Waals surface area contributed by atoms with Gasteiger partial charge in [-0.25, -0.2) is 4.68 Å². The van der Waals surface area contributed by atoms with Crippen LogP contribution < -0.4 is 19.6 Å². The highest BCUT2D eigenvalue weighted by Crippen LogP contribution is 2.30. The van der Waals surface area contributed by atoms with E-state index in [0.29, 0.717) is 26.6 Å². The maximum Gasteiger partial charge on any atom is 0.308 e. The summed E-state index contributed by atoms with van der Waals surface area (Å²) in [4.78, 5) is 29.9. The quantitative estimate of drug-likeness (QED) is 0.223. The number of aryl methyl sites for hydroxylation is 1. The number of hydrogen-bond donors (Lipinski definition) is 0. The van der Waals surface area contributed by atoms with Crippen molar-refractivity contribution in [3.8, 4) is 39.8 Å². The fraction of sp³-hybridized carbons (Fsp3) is 0.100. The Morgan fingerprint density at radius 1 is 0.975 bits per heavy atom. The van der Waals surface area contributed by atoms with Gasteiger partial charge in [-0.15, -0.1) is 5.10 Å². The number of hydrogen-bond acceptors (Lipinski definition) is 8. The molecule has 3 aromatic carbocycles. The van der Waals surface area contributed by atoms with Crippen LogP contribution in [0.3, 0.4) is 0 Å². The van der Waals surface area contributed by atoms with Gasteiger partial charge in [-0.05, 0) is 61.0 Å². The zero-order valence-electron chi connectivity index (χ0n) is 21.9. The molecule has 0 aliphatic carbocycles. The van der Waals surface area contributed by atoms with Crippen LogP contribution in [0.4, 0.5) is 0 Å². The summed E-state index contributed by atoms with van der Waals surface area (Å²) in [5.41, 5.74) is 4.50. The molecule has 0 N–H and O–H groups in total. The minimum atomic E-state index is -0.450. The summed E-state index contributed by atoms with van der Waals surface area (Å²) in [6.45, 7) is 3.31. The molecule has 3 aromatic heterocycles. The topological polar surface area (TPSA) is 101 Å². The first-order valence-electron chi connectivity index (χ1n) is 12.4. The molecule has 0 radical (unpaired) electrons. The Morgan fingerprint density at radius 2 is 1.75 bits per heavy atom. The molecule has 0 fully saturated rings. The van der Waals surface area contributed by atoms with E-state index in [9.17, 15) is 9.59 Å². The average molecular weight is 550 g/mol. The highest BCUT2D eigenvalue weighted by atomic mass is 32.1. The second-order valence-corrected chi connectivity index (χ2v) is 10.0. The van der Waals surface area contributed by atoms with Crippen LogP contribution in [0.1, 0.15) is 18.1 Å². The van der Waals surface area contributed by atoms with Crippen molar-refractivity contribution in [3.63, 3.8) is 0 Å². The lowest BCUT2D eigenvalue weighted by atomic mass is 10.0. The summed E-state index contributed by atoms with van der Waals surface area (Å²) in [5.74, 6) is 0.974. The van der Waals surface area contributed by atoms with Crippen LogP contribution in [-0.2, 0) is 4.79 Å². The number of para-hydroxylation sites is 2. The van der Waals surface area contributed by atoms with E-state index < -0.39 is 5.97 Å². The number of fused-ring (bicyclic) bond motifs is 1. The number of esters is 1. The lowest BCUT2D eigenvalue weighted by molar-refractivity contribution is -0.131. The molecule has 40 heavy (non-hydrogen) atoms. The maximum absolute atomic E-state index is 13.4. The van der Waals surface area contributed by atoms with E-state index in [-0.39, 0.29) is 5.56 Å². The highest BCUT2D eigenvalue weighted by Gasteiger charge is 2.18. The van der Waals surface area contributed by atoms with Crippen molar-refractivity contribution in [1.29, 1.82) is 0 Å². The SMILES string of the molecule is COc1ccc(-c2nn(-c3ccccc3)cc2/C=c2\sc3nc(-c4ccccc4OC(C)=O)nn3c2=O)cc1C. The third-order valence-corrected chi connectivity index (χ3v) is 7.24. The number of methoxy groups -OCH3 is 1. The molecule has 0 unspecified atom stereocenters. The summed E-state index contributed by atoms with van der Waals surface area (Å²) in [5, 5.41) is 9.30. The molecule has 0 saturated heterocycles. The first kappa shape index (κ1) is 25.2. The van der Waals surface area contributed by atoms with Gasteiger partial charge in [-0.3, -0.25) is 9.59 Å². The van der Waals surface area contributed by atoms with Crippen LogP contribution >= 0.6 is 11.3 Å². The zero-order chi connectivity index (χ0) is 27.8. The number of thiazole rings is 1. The van der Waals surface area contributed by atoms with Gasteiger partial charge >= 0.3 is 5.97 Å². The number of carbonyl (C=O) groups is 1.